The van der Waals surface area contributed by atoms with Gasteiger partial charge in [-0.2, -0.15) is 0 Å². The van der Waals surface area contributed by atoms with Gasteiger partial charge in [0.1, 0.15) is 0 Å². The van der Waals surface area contributed by atoms with Crippen molar-refractivity contribution in [3.8, 4) is 0 Å². The van der Waals surface area contributed by atoms with E-state index >= 15 is 0 Å². The molecule has 1 aromatic rings. The average molecular weight is 260 g/mol. The lowest BCUT2D eigenvalue weighted by atomic mass is 10.3. The second-order valence-corrected chi connectivity index (χ2v) is 5.86. The summed E-state index contributed by atoms with van der Waals surface area (Å²) in [5.41, 5.74) is 1.15. The monoisotopic (exact) mass is 260 g/mol. The third kappa shape index (κ3) is 4.23. The van der Waals surface area contributed by atoms with Crippen LogP contribution in [0.4, 0.5) is 5.42 Å². The van der Waals surface area contributed by atoms with Crippen molar-refractivity contribution in [2.24, 2.45) is 0 Å². The molecule has 15 heavy (non-hydrogen) atoms. The first-order valence-electron chi connectivity index (χ1n) is 5.25. The first-order valence-corrected chi connectivity index (χ1v) is 6.96. The normalized spacial score (nSPS) is 11.7. The number of hydrogen-bond donors (Lipinski definition) is 1. The van der Waals surface area contributed by atoms with E-state index in [1.165, 1.54) is 19.4 Å². The van der Waals surface area contributed by atoms with E-state index in [0.717, 1.165) is 35.5 Å². The van der Waals surface area contributed by atoms with Crippen LogP contribution in [0.3, 0.4) is 0 Å². The molecule has 0 amide bonds. The molecular weight excluding hydrogens is 243 g/mol. The lowest BCUT2D eigenvalue weighted by molar-refractivity contribution is 0.345. The van der Waals surface area contributed by atoms with Gasteiger partial charge in [-0.15, -0.1) is 0 Å². The summed E-state index contributed by atoms with van der Waals surface area (Å²) < 4.78 is 1.79. The summed E-state index contributed by atoms with van der Waals surface area (Å²) in [6.45, 7) is 5.50. The summed E-state index contributed by atoms with van der Waals surface area (Å²) in [6, 6.07) is 0. The predicted molar refractivity (Wildman–Crippen MR) is 73.9 cm³/mol. The molecule has 0 aliphatic carbocycles. The van der Waals surface area contributed by atoms with Crippen LogP contribution in [0.2, 0.25) is 0 Å². The first-order chi connectivity index (χ1) is 7.15. The predicted octanol–water partition coefficient (Wildman–Crippen LogP) is 3.75. The molecule has 0 saturated heterocycles. The summed E-state index contributed by atoms with van der Waals surface area (Å²) in [7, 11) is 3.28. The van der Waals surface area contributed by atoms with Crippen LogP contribution in [0.25, 0.3) is 0 Å². The minimum atomic E-state index is 0.873. The number of rotatable bonds is 7. The molecule has 0 aliphatic heterocycles. The summed E-state index contributed by atoms with van der Waals surface area (Å²) in [4.78, 5) is 2.33. The Morgan fingerprint density at radius 1 is 1.33 bits per heavy atom. The van der Waals surface area contributed by atoms with Crippen LogP contribution in [0.1, 0.15) is 19.8 Å². The van der Waals surface area contributed by atoms with E-state index in [1.54, 1.807) is 0 Å². The maximum Gasteiger partial charge on any atom is 0.0883 e. The molecule has 2 nitrogen and oxygen atoms in total. The van der Waals surface area contributed by atoms with Gasteiger partial charge in [0, 0.05) is 6.54 Å². The molecule has 0 atom stereocenters. The van der Waals surface area contributed by atoms with E-state index in [1.807, 2.05) is 0 Å². The van der Waals surface area contributed by atoms with Crippen molar-refractivity contribution in [2.45, 2.75) is 19.8 Å². The first kappa shape index (κ1) is 13.2. The minimum absolute atomic E-state index is 0.873. The van der Waals surface area contributed by atoms with Gasteiger partial charge in [0.2, 0.25) is 0 Å². The van der Waals surface area contributed by atoms with Gasteiger partial charge < -0.3 is 10.2 Å². The van der Waals surface area contributed by atoms with Crippen molar-refractivity contribution in [2.75, 3.05) is 32.0 Å². The van der Waals surface area contributed by atoms with Crippen LogP contribution in [0, 0.1) is 8.75 Å². The van der Waals surface area contributed by atoms with Crippen LogP contribution in [-0.2, 0) is 0 Å². The van der Waals surface area contributed by atoms with Gasteiger partial charge in [0.05, 0.1) is 14.2 Å². The van der Waals surface area contributed by atoms with Crippen molar-refractivity contribution in [3.05, 3.63) is 8.75 Å². The summed E-state index contributed by atoms with van der Waals surface area (Å²) in [5.74, 6) is 0. The molecule has 0 aliphatic rings. The van der Waals surface area contributed by atoms with Crippen LogP contribution in [0.15, 0.2) is 0 Å². The number of hydrogen-bond acceptors (Lipinski definition) is 4. The van der Waals surface area contributed by atoms with E-state index in [-0.39, 0.29) is 0 Å². The van der Waals surface area contributed by atoms with Gasteiger partial charge in [0.25, 0.3) is 0 Å². The highest BCUT2D eigenvalue weighted by molar-refractivity contribution is 7.77. The van der Waals surface area contributed by atoms with Crippen LogP contribution in [-0.4, -0.2) is 31.6 Å². The Hall–Kier alpha value is 0.110. The fourth-order valence-electron chi connectivity index (χ4n) is 1.24. The largest absolute Gasteiger partial charge is 0.380 e. The molecular formula is C10H17N2PS2. The number of nitrogens with zero attached hydrogens (tertiary/aromatic N) is 1. The zero-order valence-electron chi connectivity index (χ0n) is 9.25. The maximum absolute atomic E-state index is 5.11. The summed E-state index contributed by atoms with van der Waals surface area (Å²) in [5, 5.41) is 3.35. The van der Waals surface area contributed by atoms with Crippen molar-refractivity contribution in [3.63, 3.8) is 0 Å². The van der Waals surface area contributed by atoms with E-state index in [0.29, 0.717) is 0 Å². The highest BCUT2D eigenvalue weighted by Gasteiger charge is 2.02. The fraction of sp³-hybridized carbons (Fsp3) is 0.700. The van der Waals surface area contributed by atoms with Crippen molar-refractivity contribution < 1.29 is 0 Å². The van der Waals surface area contributed by atoms with E-state index in [9.17, 15) is 0 Å². The second-order valence-electron chi connectivity index (χ2n) is 3.62. The fourth-order valence-corrected chi connectivity index (χ4v) is 2.69. The highest BCUT2D eigenvalue weighted by Crippen LogP contribution is 2.31. The molecule has 5 heteroatoms. The Balaban J connectivity index is 2.06. The summed E-state index contributed by atoms with van der Waals surface area (Å²) in [6.07, 6.45) is 2.43. The molecule has 0 aromatic carbocycles. The van der Waals surface area contributed by atoms with Crippen LogP contribution < -0.4 is 5.32 Å². The SMILES string of the molecule is CCN(C)CCCCNc1pc(=S)c1=S. The molecule has 84 valence electrons. The molecule has 0 radical (unpaired) electrons. The quantitative estimate of drug-likeness (QED) is 0.593. The topological polar surface area (TPSA) is 15.3 Å². The third-order valence-corrected chi connectivity index (χ3v) is 4.77. The van der Waals surface area contributed by atoms with E-state index in [2.05, 4.69) is 24.2 Å². The van der Waals surface area contributed by atoms with E-state index < -0.39 is 0 Å². The van der Waals surface area contributed by atoms with Gasteiger partial charge in [-0.3, -0.25) is 0 Å². The average Bonchev–Trinajstić information content (AvgIpc) is 2.26. The standard InChI is InChI=1S/C10H17N2PS2/c1-3-12(2)7-5-4-6-11-9-8(14)10(15)13-9/h11H,3-7H2,1-2H3. The molecule has 1 aromatic heterocycles. The van der Waals surface area contributed by atoms with Crippen molar-refractivity contribution >= 4 is 38.0 Å². The number of nitrogens with one attached hydrogen (secondary N) is 1. The molecule has 1 N–H and O–H groups in total. The minimum Gasteiger partial charge on any atom is -0.380 e. The lowest BCUT2D eigenvalue weighted by Gasteiger charge is -2.13. The third-order valence-electron chi connectivity index (χ3n) is 2.42. The Labute approximate surface area is 103 Å². The summed E-state index contributed by atoms with van der Waals surface area (Å²) >= 11 is 10.1. The Morgan fingerprint density at radius 3 is 2.60 bits per heavy atom. The zero-order valence-corrected chi connectivity index (χ0v) is 11.8. The van der Waals surface area contributed by atoms with Crippen LogP contribution in [0.5, 0.6) is 0 Å². The van der Waals surface area contributed by atoms with Crippen molar-refractivity contribution in [1.29, 1.82) is 0 Å². The lowest BCUT2D eigenvalue weighted by Crippen LogP contribution is -2.19. The molecule has 0 spiro atoms. The molecule has 1 heterocycles. The van der Waals surface area contributed by atoms with Gasteiger partial charge in [-0.05, 0) is 41.2 Å². The number of anilines is 1. The molecule has 0 bridgehead atoms. The molecule has 0 fully saturated rings. The van der Waals surface area contributed by atoms with Gasteiger partial charge in [-0.1, -0.05) is 31.4 Å². The Morgan fingerprint density at radius 2 is 2.07 bits per heavy atom. The zero-order chi connectivity index (χ0) is 11.3. The number of unbranched alkanes of at least 4 members (excludes halogenated alkanes) is 1. The highest BCUT2D eigenvalue weighted by atomic mass is 32.1. The van der Waals surface area contributed by atoms with Gasteiger partial charge >= 0.3 is 0 Å². The van der Waals surface area contributed by atoms with Gasteiger partial charge in [-0.25, -0.2) is 0 Å². The Kier molecular flexibility index (Phi) is 5.83. The van der Waals surface area contributed by atoms with Gasteiger partial charge in [0.15, 0.2) is 0 Å². The van der Waals surface area contributed by atoms with Crippen LogP contribution >= 0.6 is 32.6 Å². The Bertz CT molecular complexity index is 371. The molecule has 0 unspecified atom stereocenters. The molecule has 1 rings (SSSR count). The van der Waals surface area contributed by atoms with Crippen molar-refractivity contribution in [1.82, 2.24) is 4.90 Å². The second kappa shape index (κ2) is 6.64. The molecule has 0 saturated carbocycles. The smallest absolute Gasteiger partial charge is 0.0883 e. The van der Waals surface area contributed by atoms with E-state index in [4.69, 9.17) is 24.4 Å². The maximum atomic E-state index is 5.11.